The van der Waals surface area contributed by atoms with Crippen LogP contribution in [0.1, 0.15) is 17.0 Å². The summed E-state index contributed by atoms with van der Waals surface area (Å²) < 4.78 is 0. The predicted octanol–water partition coefficient (Wildman–Crippen LogP) is 3.57. The van der Waals surface area contributed by atoms with E-state index in [1.807, 2.05) is 32.0 Å². The maximum atomic E-state index is 5.79. The van der Waals surface area contributed by atoms with E-state index in [9.17, 15) is 0 Å². The van der Waals surface area contributed by atoms with Crippen molar-refractivity contribution in [3.8, 4) is 0 Å². The van der Waals surface area contributed by atoms with Gasteiger partial charge in [0, 0.05) is 22.0 Å². The molecule has 2 aromatic rings. The monoisotopic (exact) mass is 244 g/mol. The lowest BCUT2D eigenvalue weighted by atomic mass is 10.2. The maximum Gasteiger partial charge on any atom is 0.0509 e. The highest BCUT2D eigenvalue weighted by Crippen LogP contribution is 2.25. The Bertz CT molecular complexity index is 523. The molecule has 0 amide bonds. The molecule has 1 heterocycles. The van der Waals surface area contributed by atoms with Crippen molar-refractivity contribution >= 4 is 17.4 Å². The van der Waals surface area contributed by atoms with Crippen LogP contribution >= 0.6 is 11.8 Å². The van der Waals surface area contributed by atoms with E-state index in [4.69, 9.17) is 5.73 Å². The number of nitrogens with two attached hydrogens (primary N) is 1. The summed E-state index contributed by atoms with van der Waals surface area (Å²) in [5.74, 6) is 0.894. The molecule has 0 aliphatic heterocycles. The zero-order valence-corrected chi connectivity index (χ0v) is 10.9. The lowest BCUT2D eigenvalue weighted by Crippen LogP contribution is -1.90. The molecular weight excluding hydrogens is 228 g/mol. The number of nitrogen functional groups attached to an aromatic ring is 1. The number of hydrogen-bond donors (Lipinski definition) is 1. The van der Waals surface area contributed by atoms with Crippen molar-refractivity contribution in [1.29, 1.82) is 0 Å². The lowest BCUT2D eigenvalue weighted by Gasteiger charge is -2.05. The van der Waals surface area contributed by atoms with Gasteiger partial charge in [-0.05, 0) is 49.7 Å². The smallest absolute Gasteiger partial charge is 0.0509 e. The SMILES string of the molecule is Cc1cccc(CSc2ccc(N)c(C)c2)n1. The van der Waals surface area contributed by atoms with Gasteiger partial charge in [-0.2, -0.15) is 0 Å². The molecule has 0 unspecified atom stereocenters. The zero-order valence-electron chi connectivity index (χ0n) is 10.1. The van der Waals surface area contributed by atoms with E-state index in [1.54, 1.807) is 11.8 Å². The van der Waals surface area contributed by atoms with Crippen LogP contribution in [-0.2, 0) is 5.75 Å². The molecule has 0 fully saturated rings. The first-order valence-electron chi connectivity index (χ1n) is 5.56. The Kier molecular flexibility index (Phi) is 3.69. The van der Waals surface area contributed by atoms with Gasteiger partial charge in [0.1, 0.15) is 0 Å². The highest BCUT2D eigenvalue weighted by molar-refractivity contribution is 7.98. The van der Waals surface area contributed by atoms with Gasteiger partial charge in [0.25, 0.3) is 0 Å². The summed E-state index contributed by atoms with van der Waals surface area (Å²) in [6.07, 6.45) is 0. The Hall–Kier alpha value is -1.48. The Morgan fingerprint density at radius 1 is 1.18 bits per heavy atom. The van der Waals surface area contributed by atoms with Gasteiger partial charge in [0.15, 0.2) is 0 Å². The first kappa shape index (κ1) is 12.0. The van der Waals surface area contributed by atoms with Crippen molar-refractivity contribution < 1.29 is 0 Å². The predicted molar refractivity (Wildman–Crippen MR) is 74.1 cm³/mol. The second kappa shape index (κ2) is 5.23. The Morgan fingerprint density at radius 2 is 2.00 bits per heavy atom. The van der Waals surface area contributed by atoms with Gasteiger partial charge in [0.05, 0.1) is 5.69 Å². The summed E-state index contributed by atoms with van der Waals surface area (Å²) in [5, 5.41) is 0. The lowest BCUT2D eigenvalue weighted by molar-refractivity contribution is 1.10. The van der Waals surface area contributed by atoms with E-state index in [1.165, 1.54) is 4.90 Å². The Balaban J connectivity index is 2.05. The zero-order chi connectivity index (χ0) is 12.3. The molecule has 0 saturated carbocycles. The molecule has 17 heavy (non-hydrogen) atoms. The second-order valence-electron chi connectivity index (χ2n) is 4.08. The van der Waals surface area contributed by atoms with Gasteiger partial charge in [-0.3, -0.25) is 4.98 Å². The third-order valence-corrected chi connectivity index (χ3v) is 3.60. The summed E-state index contributed by atoms with van der Waals surface area (Å²) in [6.45, 7) is 4.05. The minimum absolute atomic E-state index is 0.850. The van der Waals surface area contributed by atoms with E-state index in [0.717, 1.165) is 28.4 Å². The van der Waals surface area contributed by atoms with Crippen molar-refractivity contribution in [1.82, 2.24) is 4.98 Å². The molecule has 0 aliphatic carbocycles. The molecular formula is C14H16N2S. The average Bonchev–Trinajstić information content (AvgIpc) is 2.31. The molecule has 3 heteroatoms. The van der Waals surface area contributed by atoms with Crippen LogP contribution in [-0.4, -0.2) is 4.98 Å². The van der Waals surface area contributed by atoms with Gasteiger partial charge >= 0.3 is 0 Å². The average molecular weight is 244 g/mol. The number of nitrogens with zero attached hydrogens (tertiary/aromatic N) is 1. The highest BCUT2D eigenvalue weighted by Gasteiger charge is 2.00. The van der Waals surface area contributed by atoms with Gasteiger partial charge < -0.3 is 5.73 Å². The molecule has 0 radical (unpaired) electrons. The van der Waals surface area contributed by atoms with Crippen molar-refractivity contribution in [2.75, 3.05) is 5.73 Å². The topological polar surface area (TPSA) is 38.9 Å². The molecule has 1 aromatic heterocycles. The molecule has 2 nitrogen and oxygen atoms in total. The van der Waals surface area contributed by atoms with E-state index < -0.39 is 0 Å². The van der Waals surface area contributed by atoms with Gasteiger partial charge in [-0.1, -0.05) is 6.07 Å². The normalized spacial score (nSPS) is 10.5. The molecule has 2 rings (SSSR count). The van der Waals surface area contributed by atoms with Crippen molar-refractivity contribution in [2.24, 2.45) is 0 Å². The summed E-state index contributed by atoms with van der Waals surface area (Å²) >= 11 is 1.79. The molecule has 1 aromatic carbocycles. The quantitative estimate of drug-likeness (QED) is 0.662. The van der Waals surface area contributed by atoms with Crippen LogP contribution in [0.3, 0.4) is 0 Å². The van der Waals surface area contributed by atoms with E-state index in [-0.39, 0.29) is 0 Å². The third-order valence-electron chi connectivity index (χ3n) is 2.57. The molecule has 0 aliphatic rings. The van der Waals surface area contributed by atoms with Crippen LogP contribution in [0, 0.1) is 13.8 Å². The second-order valence-corrected chi connectivity index (χ2v) is 5.13. The maximum absolute atomic E-state index is 5.79. The number of aryl methyl sites for hydroxylation is 2. The van der Waals surface area contributed by atoms with Crippen LogP contribution in [0.4, 0.5) is 5.69 Å². The first-order valence-corrected chi connectivity index (χ1v) is 6.55. The van der Waals surface area contributed by atoms with Crippen LogP contribution in [0.15, 0.2) is 41.3 Å². The number of rotatable bonds is 3. The fourth-order valence-corrected chi connectivity index (χ4v) is 2.47. The van der Waals surface area contributed by atoms with E-state index in [2.05, 4.69) is 23.2 Å². The van der Waals surface area contributed by atoms with Crippen molar-refractivity contribution in [2.45, 2.75) is 24.5 Å². The van der Waals surface area contributed by atoms with Crippen molar-refractivity contribution in [3.05, 3.63) is 53.3 Å². The van der Waals surface area contributed by atoms with E-state index >= 15 is 0 Å². The van der Waals surface area contributed by atoms with Gasteiger partial charge in [0.2, 0.25) is 0 Å². The number of hydrogen-bond acceptors (Lipinski definition) is 3. The number of aromatic nitrogens is 1. The van der Waals surface area contributed by atoms with Crippen LogP contribution in [0.5, 0.6) is 0 Å². The standard InChI is InChI=1S/C14H16N2S/c1-10-8-13(6-7-14(10)15)17-9-12-5-3-4-11(2)16-12/h3-8H,9,15H2,1-2H3. The number of pyridine rings is 1. The van der Waals surface area contributed by atoms with Crippen LogP contribution in [0.25, 0.3) is 0 Å². The summed E-state index contributed by atoms with van der Waals surface area (Å²) in [7, 11) is 0. The molecule has 2 N–H and O–H groups in total. The minimum atomic E-state index is 0.850. The number of benzene rings is 1. The first-order chi connectivity index (χ1) is 8.15. The third kappa shape index (κ3) is 3.24. The molecule has 88 valence electrons. The largest absolute Gasteiger partial charge is 0.399 e. The number of anilines is 1. The molecule has 0 saturated heterocycles. The van der Waals surface area contributed by atoms with Crippen LogP contribution < -0.4 is 5.73 Å². The van der Waals surface area contributed by atoms with E-state index in [0.29, 0.717) is 0 Å². The van der Waals surface area contributed by atoms with Gasteiger partial charge in [-0.15, -0.1) is 11.8 Å². The van der Waals surface area contributed by atoms with Crippen molar-refractivity contribution in [3.63, 3.8) is 0 Å². The van der Waals surface area contributed by atoms with Crippen LogP contribution in [0.2, 0.25) is 0 Å². The Morgan fingerprint density at radius 3 is 2.71 bits per heavy atom. The fraction of sp³-hybridized carbons (Fsp3) is 0.214. The summed E-state index contributed by atoms with van der Waals surface area (Å²) in [6, 6.07) is 12.3. The highest BCUT2D eigenvalue weighted by atomic mass is 32.2. The summed E-state index contributed by atoms with van der Waals surface area (Å²) in [4.78, 5) is 5.72. The summed E-state index contributed by atoms with van der Waals surface area (Å²) in [5.41, 5.74) is 9.96. The molecule has 0 bridgehead atoms. The van der Waals surface area contributed by atoms with Gasteiger partial charge in [-0.25, -0.2) is 0 Å². The fourth-order valence-electron chi connectivity index (χ4n) is 1.58. The molecule has 0 atom stereocenters. The molecule has 0 spiro atoms. The minimum Gasteiger partial charge on any atom is -0.399 e. The Labute approximate surface area is 106 Å². The number of thioether (sulfide) groups is 1.